The second kappa shape index (κ2) is 7.07. The molecule has 0 radical (unpaired) electrons. The lowest BCUT2D eigenvalue weighted by atomic mass is 10.1. The van der Waals surface area contributed by atoms with E-state index >= 15 is 0 Å². The van der Waals surface area contributed by atoms with Gasteiger partial charge in [-0.15, -0.1) is 0 Å². The number of rotatable bonds is 4. The van der Waals surface area contributed by atoms with Gasteiger partial charge < -0.3 is 5.32 Å². The number of amides is 1. The van der Waals surface area contributed by atoms with Gasteiger partial charge in [-0.05, 0) is 30.7 Å². The van der Waals surface area contributed by atoms with E-state index in [1.807, 2.05) is 31.3 Å². The Morgan fingerprint density at radius 1 is 1.17 bits per heavy atom. The fraction of sp³-hybridized carbons (Fsp3) is 0.111. The van der Waals surface area contributed by atoms with Gasteiger partial charge in [0, 0.05) is 17.3 Å². The molecule has 0 aliphatic rings. The van der Waals surface area contributed by atoms with Crippen LogP contribution in [0.4, 0.5) is 5.82 Å². The zero-order valence-electron chi connectivity index (χ0n) is 13.0. The standard InChI is InChI=1S/C18H15Cl2N3O/c1-12-3-2-4-13(9-12)11-23-8-7-17(22-23)21-18(24)15-6-5-14(19)10-16(15)20/h2-10H,11H2,1H3,(H,21,22,24). The summed E-state index contributed by atoms with van der Waals surface area (Å²) in [5.41, 5.74) is 2.71. The fourth-order valence-electron chi connectivity index (χ4n) is 2.37. The molecule has 24 heavy (non-hydrogen) atoms. The number of nitrogens with zero attached hydrogens (tertiary/aromatic N) is 2. The Kier molecular flexibility index (Phi) is 4.88. The highest BCUT2D eigenvalue weighted by molar-refractivity contribution is 6.37. The molecule has 1 aromatic heterocycles. The van der Waals surface area contributed by atoms with Crippen LogP contribution in [0.25, 0.3) is 0 Å². The van der Waals surface area contributed by atoms with Gasteiger partial charge >= 0.3 is 0 Å². The second-order valence-electron chi connectivity index (χ2n) is 5.47. The van der Waals surface area contributed by atoms with Gasteiger partial charge in [-0.1, -0.05) is 53.0 Å². The zero-order chi connectivity index (χ0) is 17.1. The predicted octanol–water partition coefficient (Wildman–Crippen LogP) is 4.80. The summed E-state index contributed by atoms with van der Waals surface area (Å²) in [7, 11) is 0. The summed E-state index contributed by atoms with van der Waals surface area (Å²) < 4.78 is 1.77. The number of hydrogen-bond acceptors (Lipinski definition) is 2. The van der Waals surface area contributed by atoms with Crippen molar-refractivity contribution in [2.45, 2.75) is 13.5 Å². The molecule has 0 unspecified atom stereocenters. The maximum absolute atomic E-state index is 12.3. The third-order valence-corrected chi connectivity index (χ3v) is 4.03. The molecule has 0 fully saturated rings. The maximum Gasteiger partial charge on any atom is 0.258 e. The Morgan fingerprint density at radius 3 is 2.75 bits per heavy atom. The number of anilines is 1. The topological polar surface area (TPSA) is 46.9 Å². The molecule has 1 N–H and O–H groups in total. The smallest absolute Gasteiger partial charge is 0.258 e. The van der Waals surface area contributed by atoms with E-state index in [0.29, 0.717) is 28.0 Å². The minimum absolute atomic E-state index is 0.305. The molecule has 122 valence electrons. The minimum Gasteiger partial charge on any atom is -0.305 e. The number of aromatic nitrogens is 2. The van der Waals surface area contributed by atoms with E-state index in [9.17, 15) is 4.79 Å². The summed E-state index contributed by atoms with van der Waals surface area (Å²) in [6.45, 7) is 2.69. The van der Waals surface area contributed by atoms with Gasteiger partial charge in [0.15, 0.2) is 5.82 Å². The van der Waals surface area contributed by atoms with Crippen LogP contribution in [0, 0.1) is 6.92 Å². The Labute approximate surface area is 150 Å². The van der Waals surface area contributed by atoms with Crippen molar-refractivity contribution < 1.29 is 4.79 Å². The van der Waals surface area contributed by atoms with E-state index in [1.165, 1.54) is 11.6 Å². The van der Waals surface area contributed by atoms with Crippen molar-refractivity contribution in [1.29, 1.82) is 0 Å². The first-order valence-corrected chi connectivity index (χ1v) is 8.12. The van der Waals surface area contributed by atoms with Crippen LogP contribution < -0.4 is 5.32 Å². The van der Waals surface area contributed by atoms with Crippen molar-refractivity contribution in [1.82, 2.24) is 9.78 Å². The van der Waals surface area contributed by atoms with Gasteiger partial charge in [0.25, 0.3) is 5.91 Å². The SMILES string of the molecule is Cc1cccc(Cn2ccc(NC(=O)c3ccc(Cl)cc3Cl)n2)c1. The molecule has 3 aromatic rings. The molecule has 3 rings (SSSR count). The molecule has 4 nitrogen and oxygen atoms in total. The fourth-order valence-corrected chi connectivity index (χ4v) is 2.87. The Balaban J connectivity index is 1.70. The first kappa shape index (κ1) is 16.6. The predicted molar refractivity (Wildman–Crippen MR) is 96.9 cm³/mol. The van der Waals surface area contributed by atoms with Crippen LogP contribution in [0.2, 0.25) is 10.0 Å². The van der Waals surface area contributed by atoms with Crippen molar-refractivity contribution in [3.05, 3.63) is 81.5 Å². The van der Waals surface area contributed by atoms with Crippen LogP contribution >= 0.6 is 23.2 Å². The third-order valence-electron chi connectivity index (χ3n) is 3.49. The summed E-state index contributed by atoms with van der Waals surface area (Å²) >= 11 is 11.9. The van der Waals surface area contributed by atoms with Crippen LogP contribution in [-0.4, -0.2) is 15.7 Å². The van der Waals surface area contributed by atoms with Gasteiger partial charge in [-0.2, -0.15) is 5.10 Å². The third kappa shape index (κ3) is 3.96. The molecular weight excluding hydrogens is 345 g/mol. The summed E-state index contributed by atoms with van der Waals surface area (Å²) in [5, 5.41) is 7.89. The lowest BCUT2D eigenvalue weighted by Crippen LogP contribution is -2.13. The summed E-state index contributed by atoms with van der Waals surface area (Å²) in [6.07, 6.45) is 1.82. The molecule has 1 amide bonds. The molecule has 0 bridgehead atoms. The first-order chi connectivity index (χ1) is 11.5. The number of benzene rings is 2. The molecule has 0 aliphatic heterocycles. The van der Waals surface area contributed by atoms with E-state index in [2.05, 4.69) is 16.5 Å². The second-order valence-corrected chi connectivity index (χ2v) is 6.31. The normalized spacial score (nSPS) is 10.6. The highest BCUT2D eigenvalue weighted by Gasteiger charge is 2.12. The Morgan fingerprint density at radius 2 is 2.00 bits per heavy atom. The van der Waals surface area contributed by atoms with E-state index in [4.69, 9.17) is 23.2 Å². The number of carbonyl (C=O) groups is 1. The molecule has 0 atom stereocenters. The van der Waals surface area contributed by atoms with Crippen LogP contribution in [0.3, 0.4) is 0 Å². The molecule has 0 saturated heterocycles. The monoisotopic (exact) mass is 359 g/mol. The van der Waals surface area contributed by atoms with Crippen LogP contribution in [0.15, 0.2) is 54.7 Å². The lowest BCUT2D eigenvalue weighted by molar-refractivity contribution is 0.102. The highest BCUT2D eigenvalue weighted by atomic mass is 35.5. The van der Waals surface area contributed by atoms with Gasteiger partial charge in [0.05, 0.1) is 17.1 Å². The summed E-state index contributed by atoms with van der Waals surface area (Å²) in [4.78, 5) is 12.3. The Hall–Kier alpha value is -2.30. The highest BCUT2D eigenvalue weighted by Crippen LogP contribution is 2.21. The number of hydrogen-bond donors (Lipinski definition) is 1. The lowest BCUT2D eigenvalue weighted by Gasteiger charge is -2.05. The minimum atomic E-state index is -0.322. The van der Waals surface area contributed by atoms with E-state index < -0.39 is 0 Å². The van der Waals surface area contributed by atoms with Gasteiger partial charge in [-0.25, -0.2) is 0 Å². The molecule has 6 heteroatoms. The number of nitrogens with one attached hydrogen (secondary N) is 1. The molecule has 1 heterocycles. The van der Waals surface area contributed by atoms with E-state index in [-0.39, 0.29) is 5.91 Å². The van der Waals surface area contributed by atoms with Crippen molar-refractivity contribution in [2.75, 3.05) is 5.32 Å². The quantitative estimate of drug-likeness (QED) is 0.727. The average molecular weight is 360 g/mol. The van der Waals surface area contributed by atoms with Crippen LogP contribution in [-0.2, 0) is 6.54 Å². The van der Waals surface area contributed by atoms with Gasteiger partial charge in [0.2, 0.25) is 0 Å². The van der Waals surface area contributed by atoms with Crippen molar-refractivity contribution >= 4 is 34.9 Å². The van der Waals surface area contributed by atoms with E-state index in [0.717, 1.165) is 5.56 Å². The largest absolute Gasteiger partial charge is 0.305 e. The summed E-state index contributed by atoms with van der Waals surface area (Å²) in [5.74, 6) is 0.149. The average Bonchev–Trinajstić information content (AvgIpc) is 2.94. The molecule has 0 spiro atoms. The zero-order valence-corrected chi connectivity index (χ0v) is 14.5. The number of halogens is 2. The first-order valence-electron chi connectivity index (χ1n) is 7.37. The van der Waals surface area contributed by atoms with E-state index in [1.54, 1.807) is 22.9 Å². The van der Waals surface area contributed by atoms with Crippen LogP contribution in [0.5, 0.6) is 0 Å². The van der Waals surface area contributed by atoms with Crippen LogP contribution in [0.1, 0.15) is 21.5 Å². The Bertz CT molecular complexity index is 889. The number of aryl methyl sites for hydroxylation is 1. The molecular formula is C18H15Cl2N3O. The van der Waals surface area contributed by atoms with Crippen molar-refractivity contribution in [2.24, 2.45) is 0 Å². The van der Waals surface area contributed by atoms with Gasteiger partial charge in [-0.3, -0.25) is 9.48 Å². The van der Waals surface area contributed by atoms with Gasteiger partial charge in [0.1, 0.15) is 0 Å². The molecule has 2 aromatic carbocycles. The number of carbonyl (C=O) groups excluding carboxylic acids is 1. The maximum atomic E-state index is 12.3. The summed E-state index contributed by atoms with van der Waals surface area (Å²) in [6, 6.07) is 14.7. The van der Waals surface area contributed by atoms with Crippen molar-refractivity contribution in [3.8, 4) is 0 Å². The molecule has 0 saturated carbocycles. The molecule has 0 aliphatic carbocycles. The van der Waals surface area contributed by atoms with Crippen molar-refractivity contribution in [3.63, 3.8) is 0 Å².